The molecule has 150 valence electrons. The molecule has 0 radical (unpaired) electrons. The van der Waals surface area contributed by atoms with Crippen molar-refractivity contribution in [3.8, 4) is 5.75 Å². The lowest BCUT2D eigenvalue weighted by Gasteiger charge is -2.32. The lowest BCUT2D eigenvalue weighted by molar-refractivity contribution is -0.136. The monoisotopic (exact) mass is 374 g/mol. The van der Waals surface area contributed by atoms with Crippen LogP contribution in [0.4, 0.5) is 0 Å². The summed E-state index contributed by atoms with van der Waals surface area (Å²) in [4.78, 5) is 26.6. The molecule has 1 aliphatic heterocycles. The molecule has 5 nitrogen and oxygen atoms in total. The molecule has 0 spiro atoms. The van der Waals surface area contributed by atoms with Crippen molar-refractivity contribution in [2.45, 2.75) is 59.4 Å². The van der Waals surface area contributed by atoms with Crippen molar-refractivity contribution < 1.29 is 14.3 Å². The van der Waals surface area contributed by atoms with E-state index in [1.54, 1.807) is 0 Å². The van der Waals surface area contributed by atoms with Gasteiger partial charge in [0.2, 0.25) is 11.8 Å². The van der Waals surface area contributed by atoms with E-state index >= 15 is 0 Å². The number of ether oxygens (including phenoxy) is 1. The third-order valence-corrected chi connectivity index (χ3v) is 5.38. The summed E-state index contributed by atoms with van der Waals surface area (Å²) in [6.07, 6.45) is 2.70. The predicted molar refractivity (Wildman–Crippen MR) is 108 cm³/mol. The number of amides is 2. The zero-order valence-electron chi connectivity index (χ0n) is 17.2. The summed E-state index contributed by atoms with van der Waals surface area (Å²) in [6.45, 7) is 10.2. The minimum Gasteiger partial charge on any atom is -0.494 e. The average Bonchev–Trinajstić information content (AvgIpc) is 2.65. The van der Waals surface area contributed by atoms with Crippen LogP contribution in [0, 0.1) is 18.8 Å². The number of carbonyl (C=O) groups is 2. The van der Waals surface area contributed by atoms with E-state index in [2.05, 4.69) is 19.2 Å². The molecule has 1 unspecified atom stereocenters. The SMILES string of the molecule is Cc1cccc(OCCCC(=O)N2CCC(C(=O)NC(C)C(C)C)CC2)c1. The highest BCUT2D eigenvalue weighted by Gasteiger charge is 2.28. The van der Waals surface area contributed by atoms with Crippen molar-refractivity contribution in [2.24, 2.45) is 11.8 Å². The summed E-state index contributed by atoms with van der Waals surface area (Å²) in [5.41, 5.74) is 1.17. The first-order chi connectivity index (χ1) is 12.9. The Morgan fingerprint density at radius 2 is 1.93 bits per heavy atom. The molecule has 1 aliphatic rings. The van der Waals surface area contributed by atoms with Crippen LogP contribution in [0.3, 0.4) is 0 Å². The first-order valence-electron chi connectivity index (χ1n) is 10.1. The Hall–Kier alpha value is -2.04. The molecular weight excluding hydrogens is 340 g/mol. The van der Waals surface area contributed by atoms with Gasteiger partial charge in [0.05, 0.1) is 6.61 Å². The topological polar surface area (TPSA) is 58.6 Å². The van der Waals surface area contributed by atoms with Gasteiger partial charge >= 0.3 is 0 Å². The number of aryl methyl sites for hydroxylation is 1. The highest BCUT2D eigenvalue weighted by Crippen LogP contribution is 2.19. The number of rotatable bonds is 8. The molecule has 27 heavy (non-hydrogen) atoms. The Morgan fingerprint density at radius 3 is 2.56 bits per heavy atom. The number of hydrogen-bond acceptors (Lipinski definition) is 3. The predicted octanol–water partition coefficient (Wildman–Crippen LogP) is 3.55. The third kappa shape index (κ3) is 6.89. The maximum Gasteiger partial charge on any atom is 0.223 e. The maximum absolute atomic E-state index is 12.4. The minimum atomic E-state index is 0.0277. The van der Waals surface area contributed by atoms with E-state index in [1.165, 1.54) is 5.56 Å². The summed E-state index contributed by atoms with van der Waals surface area (Å²) in [5.74, 6) is 1.61. The van der Waals surface area contributed by atoms with E-state index in [0.29, 0.717) is 38.5 Å². The highest BCUT2D eigenvalue weighted by atomic mass is 16.5. The zero-order chi connectivity index (χ0) is 19.8. The Labute approximate surface area is 163 Å². The van der Waals surface area contributed by atoms with E-state index in [9.17, 15) is 9.59 Å². The number of piperidine rings is 1. The lowest BCUT2D eigenvalue weighted by Crippen LogP contribution is -2.45. The van der Waals surface area contributed by atoms with Crippen molar-refractivity contribution in [1.82, 2.24) is 10.2 Å². The van der Waals surface area contributed by atoms with Crippen LogP contribution in [0.2, 0.25) is 0 Å². The molecule has 2 amide bonds. The molecule has 0 aromatic heterocycles. The van der Waals surface area contributed by atoms with Gasteiger partial charge in [-0.1, -0.05) is 26.0 Å². The van der Waals surface area contributed by atoms with Gasteiger partial charge in [0, 0.05) is 31.5 Å². The van der Waals surface area contributed by atoms with E-state index in [0.717, 1.165) is 18.6 Å². The fourth-order valence-corrected chi connectivity index (χ4v) is 3.18. The van der Waals surface area contributed by atoms with Crippen molar-refractivity contribution in [2.75, 3.05) is 19.7 Å². The van der Waals surface area contributed by atoms with Gasteiger partial charge in [-0.3, -0.25) is 9.59 Å². The fourth-order valence-electron chi connectivity index (χ4n) is 3.18. The average molecular weight is 375 g/mol. The summed E-state index contributed by atoms with van der Waals surface area (Å²) in [5, 5.41) is 3.10. The largest absolute Gasteiger partial charge is 0.494 e. The molecule has 1 N–H and O–H groups in total. The summed E-state index contributed by atoms with van der Waals surface area (Å²) < 4.78 is 5.71. The molecule has 0 bridgehead atoms. The molecule has 5 heteroatoms. The van der Waals surface area contributed by atoms with E-state index < -0.39 is 0 Å². The number of likely N-dealkylation sites (tertiary alicyclic amines) is 1. The second-order valence-corrected chi connectivity index (χ2v) is 7.96. The summed E-state index contributed by atoms with van der Waals surface area (Å²) in [7, 11) is 0. The van der Waals surface area contributed by atoms with Gasteiger partial charge in [0.25, 0.3) is 0 Å². The van der Waals surface area contributed by atoms with Crippen LogP contribution >= 0.6 is 0 Å². The Kier molecular flexibility index (Phi) is 8.14. The van der Waals surface area contributed by atoms with E-state index in [1.807, 2.05) is 43.0 Å². The van der Waals surface area contributed by atoms with Crippen molar-refractivity contribution in [1.29, 1.82) is 0 Å². The van der Waals surface area contributed by atoms with Crippen LogP contribution in [-0.4, -0.2) is 42.5 Å². The molecule has 1 fully saturated rings. The highest BCUT2D eigenvalue weighted by molar-refractivity contribution is 5.80. The van der Waals surface area contributed by atoms with Gasteiger partial charge in [0.15, 0.2) is 0 Å². The number of carbonyl (C=O) groups excluding carboxylic acids is 2. The summed E-state index contributed by atoms with van der Waals surface area (Å²) in [6, 6.07) is 8.12. The van der Waals surface area contributed by atoms with Crippen LogP contribution in [0.1, 0.15) is 52.0 Å². The molecule has 1 saturated heterocycles. The van der Waals surface area contributed by atoms with E-state index in [-0.39, 0.29) is 23.8 Å². The van der Waals surface area contributed by atoms with Gasteiger partial charge < -0.3 is 15.0 Å². The fraction of sp³-hybridized carbons (Fsp3) is 0.636. The Morgan fingerprint density at radius 1 is 1.22 bits per heavy atom. The molecule has 0 saturated carbocycles. The smallest absolute Gasteiger partial charge is 0.223 e. The normalized spacial score (nSPS) is 16.3. The van der Waals surface area contributed by atoms with Crippen LogP contribution in [0.25, 0.3) is 0 Å². The van der Waals surface area contributed by atoms with Crippen LogP contribution < -0.4 is 10.1 Å². The first-order valence-corrected chi connectivity index (χ1v) is 10.1. The van der Waals surface area contributed by atoms with E-state index in [4.69, 9.17) is 4.74 Å². The minimum absolute atomic E-state index is 0.0277. The second kappa shape index (κ2) is 10.3. The zero-order valence-corrected chi connectivity index (χ0v) is 17.2. The van der Waals surface area contributed by atoms with Crippen LogP contribution in [0.5, 0.6) is 5.75 Å². The Balaban J connectivity index is 1.65. The van der Waals surface area contributed by atoms with Gasteiger partial charge in [-0.2, -0.15) is 0 Å². The third-order valence-electron chi connectivity index (χ3n) is 5.38. The standard InChI is InChI=1S/C22H34N2O3/c1-16(2)18(4)23-22(26)19-10-12-24(13-11-19)21(25)9-6-14-27-20-8-5-7-17(3)15-20/h5,7-8,15-16,18-19H,6,9-14H2,1-4H3,(H,23,26). The molecule has 1 aromatic carbocycles. The molecule has 1 aromatic rings. The first kappa shape index (κ1) is 21.3. The van der Waals surface area contributed by atoms with Crippen LogP contribution in [-0.2, 0) is 9.59 Å². The summed E-state index contributed by atoms with van der Waals surface area (Å²) >= 11 is 0. The van der Waals surface area contributed by atoms with Gasteiger partial charge in [0.1, 0.15) is 5.75 Å². The molecule has 2 rings (SSSR count). The lowest BCUT2D eigenvalue weighted by atomic mass is 9.94. The number of benzene rings is 1. The molecule has 1 heterocycles. The number of nitrogens with one attached hydrogen (secondary N) is 1. The number of hydrogen-bond donors (Lipinski definition) is 1. The van der Waals surface area contributed by atoms with Crippen molar-refractivity contribution in [3.63, 3.8) is 0 Å². The van der Waals surface area contributed by atoms with Crippen LogP contribution in [0.15, 0.2) is 24.3 Å². The Bertz CT molecular complexity index is 622. The van der Waals surface area contributed by atoms with Gasteiger partial charge in [-0.05, 0) is 56.7 Å². The maximum atomic E-state index is 12.4. The quantitative estimate of drug-likeness (QED) is 0.708. The number of nitrogens with zero attached hydrogens (tertiary/aromatic N) is 1. The van der Waals surface area contributed by atoms with Crippen molar-refractivity contribution >= 4 is 11.8 Å². The second-order valence-electron chi connectivity index (χ2n) is 7.96. The molecule has 1 atom stereocenters. The van der Waals surface area contributed by atoms with Gasteiger partial charge in [-0.25, -0.2) is 0 Å². The molecular formula is C22H34N2O3. The van der Waals surface area contributed by atoms with Gasteiger partial charge in [-0.15, -0.1) is 0 Å². The molecule has 0 aliphatic carbocycles. The van der Waals surface area contributed by atoms with Crippen molar-refractivity contribution in [3.05, 3.63) is 29.8 Å².